The van der Waals surface area contributed by atoms with Crippen molar-refractivity contribution < 1.29 is 4.42 Å². The Kier molecular flexibility index (Phi) is 7.80. The molecule has 13 aromatic rings. The SMILES string of the molecule is c1ccc(-c2cccc(-n3c4ccccc4c4ccc5c6ccccc6n(-c6nc(-c7ccccc7)nc(-c7cccc8c7oc7cccc(-c9ccccc9)c78)n6)c5c43)c2)cc1. The number of benzene rings is 9. The minimum atomic E-state index is 0.519. The van der Waals surface area contributed by atoms with Crippen LogP contribution in [0.5, 0.6) is 0 Å². The summed E-state index contributed by atoms with van der Waals surface area (Å²) in [4.78, 5) is 16.1. The first-order chi connectivity index (χ1) is 31.3. The molecule has 0 atom stereocenters. The predicted octanol–water partition coefficient (Wildman–Crippen LogP) is 14.6. The number of furan rings is 1. The van der Waals surface area contributed by atoms with E-state index in [0.717, 1.165) is 93.7 Å². The van der Waals surface area contributed by atoms with E-state index in [0.29, 0.717) is 17.6 Å². The van der Waals surface area contributed by atoms with Gasteiger partial charge in [0.1, 0.15) is 11.2 Å². The van der Waals surface area contributed by atoms with Gasteiger partial charge >= 0.3 is 0 Å². The maximum atomic E-state index is 6.80. The lowest BCUT2D eigenvalue weighted by Crippen LogP contribution is -2.07. The zero-order chi connectivity index (χ0) is 41.4. The molecule has 0 fully saturated rings. The molecule has 0 aliphatic carbocycles. The van der Waals surface area contributed by atoms with E-state index in [9.17, 15) is 0 Å². The van der Waals surface area contributed by atoms with Gasteiger partial charge in [-0.3, -0.25) is 4.57 Å². The molecule has 0 aliphatic heterocycles. The van der Waals surface area contributed by atoms with Gasteiger partial charge < -0.3 is 8.98 Å². The molecule has 0 N–H and O–H groups in total. The summed E-state index contributed by atoms with van der Waals surface area (Å²) in [5.74, 6) is 1.62. The van der Waals surface area contributed by atoms with Crippen molar-refractivity contribution in [3.05, 3.63) is 212 Å². The molecule has 13 rings (SSSR count). The fourth-order valence-corrected chi connectivity index (χ4v) is 9.62. The summed E-state index contributed by atoms with van der Waals surface area (Å²) in [5, 5.41) is 6.60. The van der Waals surface area contributed by atoms with Crippen molar-refractivity contribution in [3.63, 3.8) is 0 Å². The maximum absolute atomic E-state index is 6.80. The first kappa shape index (κ1) is 35.2. The molecule has 294 valence electrons. The number of aromatic nitrogens is 5. The second-order valence-corrected chi connectivity index (χ2v) is 16.0. The highest BCUT2D eigenvalue weighted by atomic mass is 16.3. The largest absolute Gasteiger partial charge is 0.455 e. The molecule has 0 radical (unpaired) electrons. The van der Waals surface area contributed by atoms with Gasteiger partial charge in [0.15, 0.2) is 11.6 Å². The average Bonchev–Trinajstić information content (AvgIpc) is 4.03. The van der Waals surface area contributed by atoms with Gasteiger partial charge in [-0.1, -0.05) is 176 Å². The second-order valence-electron chi connectivity index (χ2n) is 16.0. The fraction of sp³-hybridized carbons (Fsp3) is 0. The van der Waals surface area contributed by atoms with Gasteiger partial charge in [0.05, 0.1) is 27.6 Å². The van der Waals surface area contributed by atoms with Gasteiger partial charge in [0, 0.05) is 43.6 Å². The van der Waals surface area contributed by atoms with Crippen molar-refractivity contribution in [1.82, 2.24) is 24.1 Å². The molecule has 4 aromatic heterocycles. The minimum absolute atomic E-state index is 0.519. The van der Waals surface area contributed by atoms with Crippen LogP contribution in [0.2, 0.25) is 0 Å². The Hall–Kier alpha value is -8.61. The highest BCUT2D eigenvalue weighted by molar-refractivity contribution is 6.24. The van der Waals surface area contributed by atoms with Crippen LogP contribution < -0.4 is 0 Å². The maximum Gasteiger partial charge on any atom is 0.238 e. The van der Waals surface area contributed by atoms with Crippen molar-refractivity contribution in [2.24, 2.45) is 0 Å². The Morgan fingerprint density at radius 1 is 0.349 bits per heavy atom. The molecule has 0 saturated heterocycles. The summed E-state index contributed by atoms with van der Waals surface area (Å²) in [6, 6.07) is 74.3. The highest BCUT2D eigenvalue weighted by Crippen LogP contribution is 2.43. The molecule has 0 saturated carbocycles. The summed E-state index contributed by atoms with van der Waals surface area (Å²) in [5.41, 5.74) is 13.1. The lowest BCUT2D eigenvalue weighted by Gasteiger charge is -2.14. The molecule has 63 heavy (non-hydrogen) atoms. The van der Waals surface area contributed by atoms with Gasteiger partial charge in [0.25, 0.3) is 0 Å². The molecule has 0 aliphatic rings. The van der Waals surface area contributed by atoms with Crippen molar-refractivity contribution >= 4 is 65.6 Å². The van der Waals surface area contributed by atoms with Gasteiger partial charge in [-0.2, -0.15) is 9.97 Å². The molecule has 0 amide bonds. The standard InChI is InChI=1S/C57H35N5O/c1-4-17-36(18-5-1)39-23-14-24-40(35-39)61-48-30-12-10-25-42(48)44-33-34-45-43-26-11-13-31-49(43)62(53(45)52(44)61)57-59-55(38-21-8-3-9-22-38)58-56(60-57)47-29-15-28-46-51-41(37-19-6-2-7-20-37)27-16-32-50(51)63-54(46)47/h1-35H. The normalized spacial score (nSPS) is 11.8. The molecular formula is C57H35N5O. The van der Waals surface area contributed by atoms with Crippen LogP contribution in [0.15, 0.2) is 217 Å². The third-order valence-electron chi connectivity index (χ3n) is 12.4. The lowest BCUT2D eigenvalue weighted by atomic mass is 9.99. The summed E-state index contributed by atoms with van der Waals surface area (Å²) in [7, 11) is 0. The van der Waals surface area contributed by atoms with Crippen molar-refractivity contribution in [3.8, 4) is 56.7 Å². The van der Waals surface area contributed by atoms with Crippen molar-refractivity contribution in [2.45, 2.75) is 0 Å². The van der Waals surface area contributed by atoms with Crippen LogP contribution in [0.4, 0.5) is 0 Å². The zero-order valence-electron chi connectivity index (χ0n) is 33.9. The summed E-state index contributed by atoms with van der Waals surface area (Å²) in [6.45, 7) is 0. The summed E-state index contributed by atoms with van der Waals surface area (Å²) >= 11 is 0. The van der Waals surface area contributed by atoms with Gasteiger partial charge in [-0.05, 0) is 58.7 Å². The summed E-state index contributed by atoms with van der Waals surface area (Å²) in [6.07, 6.45) is 0. The topological polar surface area (TPSA) is 61.7 Å². The van der Waals surface area contributed by atoms with E-state index in [1.54, 1.807) is 0 Å². The third kappa shape index (κ3) is 5.48. The molecule has 6 nitrogen and oxygen atoms in total. The summed E-state index contributed by atoms with van der Waals surface area (Å²) < 4.78 is 11.5. The van der Waals surface area contributed by atoms with Crippen molar-refractivity contribution in [2.75, 3.05) is 0 Å². The number of rotatable bonds is 6. The fourth-order valence-electron chi connectivity index (χ4n) is 9.62. The van der Waals surface area contributed by atoms with E-state index in [2.05, 4.69) is 191 Å². The zero-order valence-corrected chi connectivity index (χ0v) is 33.9. The monoisotopic (exact) mass is 805 g/mol. The van der Waals surface area contributed by atoms with Crippen LogP contribution in [-0.4, -0.2) is 24.1 Å². The van der Waals surface area contributed by atoms with E-state index in [1.807, 2.05) is 30.3 Å². The van der Waals surface area contributed by atoms with Gasteiger partial charge in [-0.15, -0.1) is 0 Å². The lowest BCUT2D eigenvalue weighted by molar-refractivity contribution is 0.669. The Morgan fingerprint density at radius 2 is 0.889 bits per heavy atom. The number of para-hydroxylation sites is 3. The first-order valence-corrected chi connectivity index (χ1v) is 21.2. The average molecular weight is 806 g/mol. The minimum Gasteiger partial charge on any atom is -0.455 e. The molecule has 9 aromatic carbocycles. The third-order valence-corrected chi connectivity index (χ3v) is 12.4. The molecule has 4 heterocycles. The van der Waals surface area contributed by atoms with E-state index >= 15 is 0 Å². The Bertz CT molecular complexity index is 3900. The van der Waals surface area contributed by atoms with Crippen molar-refractivity contribution in [1.29, 1.82) is 0 Å². The number of hydrogen-bond acceptors (Lipinski definition) is 4. The van der Waals surface area contributed by atoms with Crippen LogP contribution in [0.25, 0.3) is 122 Å². The molecule has 0 spiro atoms. The Balaban J connectivity index is 1.13. The smallest absolute Gasteiger partial charge is 0.238 e. The quantitative estimate of drug-likeness (QED) is 0.168. The Morgan fingerprint density at radius 3 is 1.62 bits per heavy atom. The van der Waals surface area contributed by atoms with E-state index in [1.165, 1.54) is 10.9 Å². The van der Waals surface area contributed by atoms with Crippen LogP contribution in [0.3, 0.4) is 0 Å². The molecule has 0 bridgehead atoms. The van der Waals surface area contributed by atoms with E-state index < -0.39 is 0 Å². The number of fused-ring (bicyclic) bond motifs is 10. The van der Waals surface area contributed by atoms with Crippen LogP contribution in [-0.2, 0) is 0 Å². The Labute approximate surface area is 361 Å². The number of nitrogens with zero attached hydrogens (tertiary/aromatic N) is 5. The number of hydrogen-bond donors (Lipinski definition) is 0. The predicted molar refractivity (Wildman–Crippen MR) is 258 cm³/mol. The molecule has 0 unspecified atom stereocenters. The van der Waals surface area contributed by atoms with Crippen LogP contribution in [0.1, 0.15) is 0 Å². The highest BCUT2D eigenvalue weighted by Gasteiger charge is 2.25. The van der Waals surface area contributed by atoms with E-state index in [4.69, 9.17) is 19.4 Å². The van der Waals surface area contributed by atoms with E-state index in [-0.39, 0.29) is 0 Å². The molecular weight excluding hydrogens is 771 g/mol. The van der Waals surface area contributed by atoms with Gasteiger partial charge in [0.2, 0.25) is 5.95 Å². The second kappa shape index (κ2) is 14.0. The van der Waals surface area contributed by atoms with Gasteiger partial charge in [-0.25, -0.2) is 4.98 Å². The van der Waals surface area contributed by atoms with Crippen LogP contribution in [0, 0.1) is 0 Å². The first-order valence-electron chi connectivity index (χ1n) is 21.2. The van der Waals surface area contributed by atoms with Crippen LogP contribution >= 0.6 is 0 Å². The molecule has 6 heteroatoms.